The number of carbonyl (C=O) groups is 3. The van der Waals surface area contributed by atoms with Crippen molar-refractivity contribution in [1.29, 1.82) is 0 Å². The maximum absolute atomic E-state index is 11.9. The van der Waals surface area contributed by atoms with Crippen LogP contribution in [0.2, 0.25) is 0 Å². The molecule has 1 heterocycles. The van der Waals surface area contributed by atoms with Crippen molar-refractivity contribution in [2.45, 2.75) is 18.9 Å². The van der Waals surface area contributed by atoms with Gasteiger partial charge in [-0.25, -0.2) is 5.43 Å². The quantitative estimate of drug-likeness (QED) is 0.290. The van der Waals surface area contributed by atoms with Crippen LogP contribution in [0.5, 0.6) is 5.75 Å². The Kier molecular flexibility index (Phi) is 8.76. The minimum atomic E-state index is -0.891. The molecular weight excluding hydrogens is 480 g/mol. The molecule has 10 heteroatoms. The number of halogens is 1. The Morgan fingerprint density at radius 2 is 1.84 bits per heavy atom. The zero-order valence-electron chi connectivity index (χ0n) is 17.2. The molecule has 2 aromatic rings. The molecule has 1 aliphatic rings. The number of rotatable bonds is 8. The summed E-state index contributed by atoms with van der Waals surface area (Å²) in [6, 6.07) is 13.6. The van der Waals surface area contributed by atoms with Gasteiger partial charge in [0.15, 0.2) is 6.61 Å². The van der Waals surface area contributed by atoms with Crippen LogP contribution in [0.15, 0.2) is 58.1 Å². The third-order valence-corrected chi connectivity index (χ3v) is 5.02. The fraction of sp³-hybridized carbons (Fsp3) is 0.273. The molecule has 1 atom stereocenters. The highest BCUT2D eigenvalue weighted by atomic mass is 79.9. The van der Waals surface area contributed by atoms with Crippen molar-refractivity contribution in [2.24, 2.45) is 5.10 Å². The van der Waals surface area contributed by atoms with Crippen molar-refractivity contribution in [3.63, 3.8) is 0 Å². The molecule has 32 heavy (non-hydrogen) atoms. The highest BCUT2D eigenvalue weighted by Crippen LogP contribution is 2.14. The minimum absolute atomic E-state index is 0.0878. The minimum Gasteiger partial charge on any atom is -0.484 e. The molecule has 1 aliphatic heterocycles. The summed E-state index contributed by atoms with van der Waals surface area (Å²) in [7, 11) is 0. The van der Waals surface area contributed by atoms with E-state index < -0.39 is 11.8 Å². The van der Waals surface area contributed by atoms with E-state index in [1.165, 1.54) is 6.21 Å². The SMILES string of the molecule is O=C(COc1ccc(/C=N\NC(=O)C(=O)Nc2ccc(Br)cc2)cc1)NC[C@@H]1CCCO1. The molecule has 3 rings (SSSR count). The van der Waals surface area contributed by atoms with Crippen LogP contribution >= 0.6 is 15.9 Å². The van der Waals surface area contributed by atoms with Gasteiger partial charge in [-0.05, 0) is 66.9 Å². The molecule has 3 amide bonds. The van der Waals surface area contributed by atoms with Gasteiger partial charge in [0.05, 0.1) is 12.3 Å². The van der Waals surface area contributed by atoms with Crippen LogP contribution in [0.4, 0.5) is 5.69 Å². The topological polar surface area (TPSA) is 118 Å². The van der Waals surface area contributed by atoms with E-state index in [-0.39, 0.29) is 18.6 Å². The van der Waals surface area contributed by atoms with Crippen LogP contribution in [-0.2, 0) is 19.1 Å². The molecule has 0 bridgehead atoms. The van der Waals surface area contributed by atoms with Crippen LogP contribution in [-0.4, -0.2) is 49.8 Å². The molecule has 0 unspecified atom stereocenters. The van der Waals surface area contributed by atoms with Crippen molar-refractivity contribution in [1.82, 2.24) is 10.7 Å². The van der Waals surface area contributed by atoms with Gasteiger partial charge in [0.1, 0.15) is 5.75 Å². The Bertz CT molecular complexity index is 957. The first-order chi connectivity index (χ1) is 15.5. The molecule has 1 saturated heterocycles. The van der Waals surface area contributed by atoms with Crippen LogP contribution in [0.3, 0.4) is 0 Å². The summed E-state index contributed by atoms with van der Waals surface area (Å²) >= 11 is 3.29. The largest absolute Gasteiger partial charge is 0.484 e. The number of benzene rings is 2. The van der Waals surface area contributed by atoms with Crippen molar-refractivity contribution in [3.8, 4) is 5.75 Å². The van der Waals surface area contributed by atoms with E-state index in [1.807, 2.05) is 0 Å². The van der Waals surface area contributed by atoms with Gasteiger partial charge in [0, 0.05) is 23.3 Å². The molecular formula is C22H23BrN4O5. The van der Waals surface area contributed by atoms with Gasteiger partial charge in [-0.2, -0.15) is 5.10 Å². The number of amides is 3. The molecule has 168 valence electrons. The Morgan fingerprint density at radius 3 is 2.53 bits per heavy atom. The van der Waals surface area contributed by atoms with E-state index in [2.05, 4.69) is 37.1 Å². The first kappa shape index (κ1) is 23.4. The number of hydrogen-bond acceptors (Lipinski definition) is 6. The molecule has 0 aromatic heterocycles. The summed E-state index contributed by atoms with van der Waals surface area (Å²) in [5.41, 5.74) is 3.34. The summed E-state index contributed by atoms with van der Waals surface area (Å²) in [6.45, 7) is 1.14. The van der Waals surface area contributed by atoms with Gasteiger partial charge in [0.2, 0.25) is 0 Å². The predicted octanol–water partition coefficient (Wildman–Crippen LogP) is 2.21. The Balaban J connectivity index is 1.37. The second kappa shape index (κ2) is 12.0. The van der Waals surface area contributed by atoms with Gasteiger partial charge in [-0.1, -0.05) is 15.9 Å². The number of carbonyl (C=O) groups excluding carboxylic acids is 3. The number of hydrogen-bond donors (Lipinski definition) is 3. The first-order valence-corrected chi connectivity index (χ1v) is 10.8. The van der Waals surface area contributed by atoms with E-state index in [0.717, 1.165) is 23.9 Å². The Hall–Kier alpha value is -3.24. The van der Waals surface area contributed by atoms with Crippen LogP contribution in [0, 0.1) is 0 Å². The average molecular weight is 503 g/mol. The van der Waals surface area contributed by atoms with Crippen molar-refractivity contribution in [2.75, 3.05) is 25.1 Å². The van der Waals surface area contributed by atoms with Gasteiger partial charge in [0.25, 0.3) is 5.91 Å². The van der Waals surface area contributed by atoms with Crippen LogP contribution in [0.25, 0.3) is 0 Å². The van der Waals surface area contributed by atoms with E-state index in [4.69, 9.17) is 9.47 Å². The van der Waals surface area contributed by atoms with Gasteiger partial charge in [-0.3, -0.25) is 14.4 Å². The van der Waals surface area contributed by atoms with E-state index in [0.29, 0.717) is 23.5 Å². The summed E-state index contributed by atoms with van der Waals surface area (Å²) < 4.78 is 11.8. The van der Waals surface area contributed by atoms with Crippen molar-refractivity contribution >= 4 is 45.6 Å². The standard InChI is InChI=1S/C22H23BrN4O5/c23-16-5-7-17(8-6-16)26-21(29)22(30)27-25-12-15-3-9-18(10-4-15)32-14-20(28)24-13-19-2-1-11-31-19/h3-10,12,19H,1-2,11,13-14H2,(H,24,28)(H,26,29)(H,27,30)/b25-12-/t19-/m0/s1. The van der Waals surface area contributed by atoms with Gasteiger partial charge in [-0.15, -0.1) is 0 Å². The molecule has 2 aromatic carbocycles. The molecule has 9 nitrogen and oxygen atoms in total. The molecule has 0 aliphatic carbocycles. The third kappa shape index (κ3) is 7.78. The zero-order chi connectivity index (χ0) is 22.8. The fourth-order valence-corrected chi connectivity index (χ4v) is 3.08. The first-order valence-electron chi connectivity index (χ1n) is 10.0. The normalized spacial score (nSPS) is 15.3. The van der Waals surface area contributed by atoms with E-state index >= 15 is 0 Å². The lowest BCUT2D eigenvalue weighted by Crippen LogP contribution is -2.35. The second-order valence-corrected chi connectivity index (χ2v) is 7.87. The average Bonchev–Trinajstić information content (AvgIpc) is 3.32. The molecule has 0 saturated carbocycles. The summed E-state index contributed by atoms with van der Waals surface area (Å²) in [5, 5.41) is 9.03. The lowest BCUT2D eigenvalue weighted by atomic mass is 10.2. The van der Waals surface area contributed by atoms with E-state index in [9.17, 15) is 14.4 Å². The maximum atomic E-state index is 11.9. The number of nitrogens with one attached hydrogen (secondary N) is 3. The lowest BCUT2D eigenvalue weighted by molar-refractivity contribution is -0.136. The smallest absolute Gasteiger partial charge is 0.329 e. The number of anilines is 1. The third-order valence-electron chi connectivity index (χ3n) is 4.49. The number of hydrazone groups is 1. The lowest BCUT2D eigenvalue weighted by Gasteiger charge is -2.11. The van der Waals surface area contributed by atoms with Crippen LogP contribution < -0.4 is 20.8 Å². The monoisotopic (exact) mass is 502 g/mol. The molecule has 1 fully saturated rings. The molecule has 0 spiro atoms. The van der Waals surface area contributed by atoms with Crippen LogP contribution in [0.1, 0.15) is 18.4 Å². The zero-order valence-corrected chi connectivity index (χ0v) is 18.8. The Labute approximate surface area is 193 Å². The maximum Gasteiger partial charge on any atom is 0.329 e. The summed E-state index contributed by atoms with van der Waals surface area (Å²) in [4.78, 5) is 35.5. The highest BCUT2D eigenvalue weighted by Gasteiger charge is 2.16. The molecule has 0 radical (unpaired) electrons. The number of ether oxygens (including phenoxy) is 2. The second-order valence-electron chi connectivity index (χ2n) is 6.96. The van der Waals surface area contributed by atoms with E-state index in [1.54, 1.807) is 48.5 Å². The van der Waals surface area contributed by atoms with Gasteiger partial charge >= 0.3 is 11.8 Å². The van der Waals surface area contributed by atoms with Crippen molar-refractivity contribution in [3.05, 3.63) is 58.6 Å². The van der Waals surface area contributed by atoms with Gasteiger partial charge < -0.3 is 20.1 Å². The fourth-order valence-electron chi connectivity index (χ4n) is 2.82. The van der Waals surface area contributed by atoms with Crippen molar-refractivity contribution < 1.29 is 23.9 Å². The molecule has 3 N–H and O–H groups in total. The summed E-state index contributed by atoms with van der Waals surface area (Å²) in [6.07, 6.45) is 3.46. The summed E-state index contributed by atoms with van der Waals surface area (Å²) in [5.74, 6) is -1.41. The Morgan fingerprint density at radius 1 is 1.09 bits per heavy atom. The predicted molar refractivity (Wildman–Crippen MR) is 122 cm³/mol. The highest BCUT2D eigenvalue weighted by molar-refractivity contribution is 9.10. The number of nitrogens with zero attached hydrogens (tertiary/aromatic N) is 1.